The van der Waals surface area contributed by atoms with Crippen LogP contribution in [0.15, 0.2) is 34.4 Å². The monoisotopic (exact) mass is 291 g/mol. The van der Waals surface area contributed by atoms with Gasteiger partial charge in [0.1, 0.15) is 11.7 Å². The predicted octanol–water partition coefficient (Wildman–Crippen LogP) is 2.01. The van der Waals surface area contributed by atoms with Crippen molar-refractivity contribution in [3.05, 3.63) is 30.1 Å². The number of halogens is 1. The first-order chi connectivity index (χ1) is 10.2. The highest BCUT2D eigenvalue weighted by atomic mass is 19.1. The number of benzene rings is 1. The molecule has 21 heavy (non-hydrogen) atoms. The van der Waals surface area contributed by atoms with Crippen molar-refractivity contribution in [1.29, 1.82) is 0 Å². The van der Waals surface area contributed by atoms with Crippen molar-refractivity contribution in [2.75, 3.05) is 18.2 Å². The van der Waals surface area contributed by atoms with Crippen LogP contribution in [-0.4, -0.2) is 36.1 Å². The molecule has 0 spiro atoms. The van der Waals surface area contributed by atoms with Gasteiger partial charge in [-0.1, -0.05) is 13.3 Å². The van der Waals surface area contributed by atoms with Crippen LogP contribution in [0.5, 0.6) is 0 Å². The van der Waals surface area contributed by atoms with Gasteiger partial charge >= 0.3 is 0 Å². The highest BCUT2D eigenvalue weighted by Gasteiger charge is 2.34. The maximum Gasteiger partial charge on any atom is 0.261 e. The lowest BCUT2D eigenvalue weighted by Crippen LogP contribution is -2.28. The average Bonchev–Trinajstić information content (AvgIpc) is 2.78. The van der Waals surface area contributed by atoms with Crippen LogP contribution < -0.4 is 5.01 Å². The Kier molecular flexibility index (Phi) is 5.16. The molecule has 1 heterocycles. The number of hydrazone groups is 1. The van der Waals surface area contributed by atoms with E-state index >= 15 is 0 Å². The van der Waals surface area contributed by atoms with Gasteiger partial charge in [-0.05, 0) is 30.7 Å². The van der Waals surface area contributed by atoms with E-state index in [1.165, 1.54) is 35.5 Å². The second kappa shape index (κ2) is 7.08. The van der Waals surface area contributed by atoms with Crippen molar-refractivity contribution in [3.8, 4) is 0 Å². The Bertz CT molecular complexity index is 555. The number of hydrogen-bond donors (Lipinski definition) is 1. The third kappa shape index (κ3) is 3.52. The highest BCUT2D eigenvalue weighted by molar-refractivity contribution is 6.24. The van der Waals surface area contributed by atoms with E-state index in [2.05, 4.69) is 10.1 Å². The summed E-state index contributed by atoms with van der Waals surface area (Å²) < 4.78 is 13.0. The third-order valence-corrected chi connectivity index (χ3v) is 3.12. The molecule has 1 aliphatic heterocycles. The first kappa shape index (κ1) is 15.3. The number of aliphatic imine (C=N–C) groups is 1. The number of carbonyl (C=O) groups is 1. The number of hydrogen-bond acceptors (Lipinski definition) is 4. The average molecular weight is 291 g/mol. The van der Waals surface area contributed by atoms with E-state index in [-0.39, 0.29) is 24.9 Å². The minimum absolute atomic E-state index is 0.0562. The molecule has 1 aromatic carbocycles. The Morgan fingerprint density at radius 1 is 1.43 bits per heavy atom. The van der Waals surface area contributed by atoms with Gasteiger partial charge in [0.2, 0.25) is 0 Å². The zero-order valence-electron chi connectivity index (χ0n) is 11.9. The van der Waals surface area contributed by atoms with Crippen molar-refractivity contribution in [2.24, 2.45) is 16.0 Å². The van der Waals surface area contributed by atoms with E-state index in [9.17, 15) is 9.18 Å². The number of amides is 1. The molecule has 1 N–H and O–H groups in total. The van der Waals surface area contributed by atoms with Crippen molar-refractivity contribution >= 4 is 23.5 Å². The van der Waals surface area contributed by atoms with Crippen molar-refractivity contribution in [3.63, 3.8) is 0 Å². The van der Waals surface area contributed by atoms with Crippen molar-refractivity contribution in [2.45, 2.75) is 19.8 Å². The van der Waals surface area contributed by atoms with E-state index in [4.69, 9.17) is 5.11 Å². The molecule has 0 bridgehead atoms. The lowest BCUT2D eigenvalue weighted by atomic mass is 10.0. The number of aliphatic hydroxyl groups excluding tert-OH is 1. The molecule has 0 saturated carbocycles. The van der Waals surface area contributed by atoms with Crippen LogP contribution in [0.2, 0.25) is 0 Å². The Labute approximate surface area is 122 Å². The van der Waals surface area contributed by atoms with Gasteiger partial charge in [0.25, 0.3) is 5.91 Å². The molecule has 5 nitrogen and oxygen atoms in total. The fraction of sp³-hybridized carbons (Fsp3) is 0.400. The fourth-order valence-corrected chi connectivity index (χ4v) is 2.13. The minimum Gasteiger partial charge on any atom is -0.394 e. The van der Waals surface area contributed by atoms with Crippen LogP contribution in [0.3, 0.4) is 0 Å². The molecule has 6 heteroatoms. The number of aliphatic hydroxyl groups is 1. The molecule has 0 unspecified atom stereocenters. The lowest BCUT2D eigenvalue weighted by Gasteiger charge is -2.12. The van der Waals surface area contributed by atoms with E-state index in [1.807, 2.05) is 6.92 Å². The molecule has 1 atom stereocenters. The maximum atomic E-state index is 13.0. The Morgan fingerprint density at radius 2 is 2.14 bits per heavy atom. The van der Waals surface area contributed by atoms with Crippen LogP contribution in [0.25, 0.3) is 0 Å². The van der Waals surface area contributed by atoms with E-state index in [1.54, 1.807) is 0 Å². The van der Waals surface area contributed by atoms with Gasteiger partial charge in [0.15, 0.2) is 0 Å². The van der Waals surface area contributed by atoms with Crippen LogP contribution >= 0.6 is 0 Å². The summed E-state index contributed by atoms with van der Waals surface area (Å²) in [6, 6.07) is 5.64. The topological polar surface area (TPSA) is 65.3 Å². The summed E-state index contributed by atoms with van der Waals surface area (Å²) in [5.74, 6) is -1.06. The zero-order chi connectivity index (χ0) is 15.2. The lowest BCUT2D eigenvalue weighted by molar-refractivity contribution is -0.118. The van der Waals surface area contributed by atoms with Crippen molar-refractivity contribution < 1.29 is 14.3 Å². The molecular formula is C15H18FN3O2. The number of anilines is 1. The van der Waals surface area contributed by atoms with Crippen LogP contribution in [0.1, 0.15) is 19.8 Å². The quantitative estimate of drug-likeness (QED) is 0.815. The molecule has 0 radical (unpaired) electrons. The molecule has 1 amide bonds. The Balaban J connectivity index is 2.24. The highest BCUT2D eigenvalue weighted by Crippen LogP contribution is 2.25. The molecule has 1 aromatic rings. The molecule has 1 aliphatic rings. The largest absolute Gasteiger partial charge is 0.394 e. The number of rotatable bonds is 6. The number of nitrogens with zero attached hydrogens (tertiary/aromatic N) is 3. The summed E-state index contributed by atoms with van der Waals surface area (Å²) in [5, 5.41) is 14.4. The van der Waals surface area contributed by atoms with Crippen LogP contribution in [0, 0.1) is 11.7 Å². The van der Waals surface area contributed by atoms with E-state index in [0.29, 0.717) is 12.1 Å². The van der Waals surface area contributed by atoms with Gasteiger partial charge in [0.05, 0.1) is 24.6 Å². The Hall–Kier alpha value is -2.08. The van der Waals surface area contributed by atoms with Gasteiger partial charge < -0.3 is 5.11 Å². The van der Waals surface area contributed by atoms with Gasteiger partial charge in [-0.2, -0.15) is 10.1 Å². The zero-order valence-corrected chi connectivity index (χ0v) is 11.9. The molecule has 0 saturated heterocycles. The summed E-state index contributed by atoms with van der Waals surface area (Å²) >= 11 is 0. The summed E-state index contributed by atoms with van der Waals surface area (Å²) in [7, 11) is 0. The van der Waals surface area contributed by atoms with Crippen LogP contribution in [0.4, 0.5) is 10.1 Å². The van der Waals surface area contributed by atoms with Crippen LogP contribution in [-0.2, 0) is 4.79 Å². The third-order valence-electron chi connectivity index (χ3n) is 3.12. The maximum absolute atomic E-state index is 13.0. The summed E-state index contributed by atoms with van der Waals surface area (Å²) in [6.45, 7) is 2.22. The first-order valence-corrected chi connectivity index (χ1v) is 6.95. The number of carbonyl (C=O) groups excluding carboxylic acids is 1. The molecule has 2 rings (SSSR count). The van der Waals surface area contributed by atoms with Crippen molar-refractivity contribution in [1.82, 2.24) is 0 Å². The molecule has 0 fully saturated rings. The summed E-state index contributed by atoms with van der Waals surface area (Å²) in [5.41, 5.74) is 1.28. The fourth-order valence-electron chi connectivity index (χ4n) is 2.13. The molecule has 0 aromatic heterocycles. The molecule has 0 aliphatic carbocycles. The van der Waals surface area contributed by atoms with Gasteiger partial charge in [0, 0.05) is 6.21 Å². The van der Waals surface area contributed by atoms with Gasteiger partial charge in [-0.25, -0.2) is 4.39 Å². The normalized spacial score (nSPS) is 18.6. The standard InChI is InChI=1S/C15H18FN3O2/c1-2-3-14-13(10-17-8-9-20)15(21)19(18-14)12-6-4-11(16)5-7-12/h4-7,10,13,20H,2-3,8-9H2,1H3/t13-/m1/s1. The minimum atomic E-state index is -0.499. The molecule has 112 valence electrons. The van der Waals surface area contributed by atoms with Gasteiger partial charge in [-0.15, -0.1) is 0 Å². The van der Waals surface area contributed by atoms with Gasteiger partial charge in [-0.3, -0.25) is 9.79 Å². The Morgan fingerprint density at radius 3 is 2.76 bits per heavy atom. The van der Waals surface area contributed by atoms with E-state index in [0.717, 1.165) is 12.1 Å². The summed E-state index contributed by atoms with van der Waals surface area (Å²) in [4.78, 5) is 16.5. The first-order valence-electron chi connectivity index (χ1n) is 6.95. The second-order valence-corrected chi connectivity index (χ2v) is 4.72. The summed E-state index contributed by atoms with van der Waals surface area (Å²) in [6.07, 6.45) is 3.10. The molecular weight excluding hydrogens is 273 g/mol. The smallest absolute Gasteiger partial charge is 0.261 e. The second-order valence-electron chi connectivity index (χ2n) is 4.72. The van der Waals surface area contributed by atoms with E-state index < -0.39 is 5.92 Å². The SMILES string of the molecule is CCCC1=NN(c2ccc(F)cc2)C(=O)[C@@H]1C=NCCO. The predicted molar refractivity (Wildman–Crippen MR) is 80.2 cm³/mol.